The number of carbonyl (C=O) groups is 1. The van der Waals surface area contributed by atoms with Crippen molar-refractivity contribution in [2.45, 2.75) is 17.2 Å². The van der Waals surface area contributed by atoms with Crippen LogP contribution in [-0.2, 0) is 6.54 Å². The van der Waals surface area contributed by atoms with Crippen LogP contribution < -0.4 is 5.32 Å². The number of thioether (sulfide) groups is 1. The summed E-state index contributed by atoms with van der Waals surface area (Å²) in [5, 5.41) is 9.10. The van der Waals surface area contributed by atoms with Crippen molar-refractivity contribution in [1.82, 2.24) is 15.5 Å². The number of amides is 1. The number of aromatic amines is 1. The second-order valence-corrected chi connectivity index (χ2v) is 4.67. The first-order valence-electron chi connectivity index (χ1n) is 5.47. The normalized spacial score (nSPS) is 10.7. The van der Waals surface area contributed by atoms with Gasteiger partial charge in [-0.1, -0.05) is 23.9 Å². The third-order valence-electron chi connectivity index (χ3n) is 2.35. The van der Waals surface area contributed by atoms with Crippen molar-refractivity contribution < 1.29 is 13.6 Å². The molecule has 0 aliphatic rings. The summed E-state index contributed by atoms with van der Waals surface area (Å²) in [5.74, 6) is -2.94. The van der Waals surface area contributed by atoms with E-state index in [1.807, 2.05) is 0 Å². The quantitative estimate of drug-likeness (QED) is 0.829. The number of carbonyl (C=O) groups excluding carboxylic acids is 1. The maximum Gasteiger partial charge on any atom is 0.288 e. The molecule has 0 aliphatic heterocycles. The highest BCUT2D eigenvalue weighted by atomic mass is 32.2. The number of aromatic nitrogens is 2. The van der Waals surface area contributed by atoms with Gasteiger partial charge in [-0.3, -0.25) is 9.89 Å². The first kappa shape index (κ1) is 13.5. The molecule has 7 heteroatoms. The molecule has 4 nitrogen and oxygen atoms in total. The molecule has 1 amide bonds. The molecule has 0 saturated carbocycles. The lowest BCUT2D eigenvalue weighted by Gasteiger charge is -2.08. The largest absolute Gasteiger partial charge is 0.346 e. The summed E-state index contributed by atoms with van der Waals surface area (Å²) in [4.78, 5) is 12.2. The van der Waals surface area contributed by atoms with Gasteiger partial charge < -0.3 is 5.32 Å². The van der Waals surface area contributed by atoms with Gasteiger partial charge >= 0.3 is 0 Å². The van der Waals surface area contributed by atoms with Gasteiger partial charge in [0.2, 0.25) is 0 Å². The summed E-state index contributed by atoms with van der Waals surface area (Å²) in [6.45, 7) is 0.270. The highest BCUT2D eigenvalue weighted by molar-refractivity contribution is 7.99. The summed E-state index contributed by atoms with van der Waals surface area (Å²) in [6.07, 6.45) is 1.57. The third-order valence-corrected chi connectivity index (χ3v) is 3.13. The van der Waals surface area contributed by atoms with E-state index in [0.29, 0.717) is 11.8 Å². The van der Waals surface area contributed by atoms with Gasteiger partial charge in [-0.15, -0.1) is 0 Å². The molecule has 0 unspecified atom stereocenters. The minimum Gasteiger partial charge on any atom is -0.346 e. The van der Waals surface area contributed by atoms with Crippen LogP contribution >= 0.6 is 11.8 Å². The minimum absolute atomic E-state index is 0.243. The van der Waals surface area contributed by atoms with Crippen LogP contribution in [0.2, 0.25) is 0 Å². The summed E-state index contributed by atoms with van der Waals surface area (Å²) >= 11 is 0.362. The summed E-state index contributed by atoms with van der Waals surface area (Å²) in [5.41, 5.74) is 0.986. The predicted octanol–water partition coefficient (Wildman–Crippen LogP) is 2.65. The fourth-order valence-corrected chi connectivity index (χ4v) is 2.14. The Hall–Kier alpha value is -1.89. The standard InChI is InChI=1S/C12H11F2N3OS/c13-12(14)19-10-4-2-1-3-9(10)11(18)15-7-8-5-6-16-17-8/h1-6,12H,7H2,(H,15,18)(H,16,17). The van der Waals surface area contributed by atoms with Crippen LogP contribution in [0.1, 0.15) is 16.1 Å². The molecule has 0 saturated heterocycles. The lowest BCUT2D eigenvalue weighted by molar-refractivity contribution is 0.0947. The summed E-state index contributed by atoms with van der Waals surface area (Å²) in [6, 6.07) is 8.01. The van der Waals surface area contributed by atoms with Crippen molar-refractivity contribution in [2.24, 2.45) is 0 Å². The number of benzene rings is 1. The molecule has 0 aliphatic carbocycles. The smallest absolute Gasteiger partial charge is 0.288 e. The van der Waals surface area contributed by atoms with Crippen molar-refractivity contribution in [3.05, 3.63) is 47.8 Å². The van der Waals surface area contributed by atoms with Gasteiger partial charge in [0.15, 0.2) is 0 Å². The fraction of sp³-hybridized carbons (Fsp3) is 0.167. The van der Waals surface area contributed by atoms with E-state index in [4.69, 9.17) is 0 Å². The van der Waals surface area contributed by atoms with Crippen LogP contribution in [0.5, 0.6) is 0 Å². The van der Waals surface area contributed by atoms with Crippen molar-refractivity contribution in [2.75, 3.05) is 0 Å². The van der Waals surface area contributed by atoms with E-state index >= 15 is 0 Å². The van der Waals surface area contributed by atoms with Crippen LogP contribution in [0.3, 0.4) is 0 Å². The van der Waals surface area contributed by atoms with Crippen LogP contribution in [-0.4, -0.2) is 21.9 Å². The molecule has 100 valence electrons. The SMILES string of the molecule is O=C(NCc1ccn[nH]1)c1ccccc1SC(F)F. The first-order valence-corrected chi connectivity index (χ1v) is 6.35. The van der Waals surface area contributed by atoms with Crippen LogP contribution in [0.25, 0.3) is 0 Å². The van der Waals surface area contributed by atoms with E-state index in [-0.39, 0.29) is 17.0 Å². The van der Waals surface area contributed by atoms with Gasteiger partial charge in [0.1, 0.15) is 0 Å². The molecule has 1 aromatic heterocycles. The van der Waals surface area contributed by atoms with E-state index in [1.54, 1.807) is 24.4 Å². The van der Waals surface area contributed by atoms with Crippen LogP contribution in [0.4, 0.5) is 8.78 Å². The average molecular weight is 283 g/mol. The highest BCUT2D eigenvalue weighted by Gasteiger charge is 2.14. The Labute approximate surface area is 112 Å². The molecule has 0 bridgehead atoms. The number of H-pyrrole nitrogens is 1. The Morgan fingerprint density at radius 3 is 2.84 bits per heavy atom. The molecule has 1 heterocycles. The van der Waals surface area contributed by atoms with Gasteiger partial charge in [0.25, 0.3) is 11.7 Å². The number of alkyl halides is 2. The zero-order valence-corrected chi connectivity index (χ0v) is 10.6. The first-order chi connectivity index (χ1) is 9.16. The molecule has 2 rings (SSSR count). The number of hydrogen-bond acceptors (Lipinski definition) is 3. The maximum absolute atomic E-state index is 12.4. The predicted molar refractivity (Wildman–Crippen MR) is 68.1 cm³/mol. The fourth-order valence-electron chi connectivity index (χ4n) is 1.51. The van der Waals surface area contributed by atoms with E-state index in [9.17, 15) is 13.6 Å². The second kappa shape index (κ2) is 6.33. The molecular weight excluding hydrogens is 272 g/mol. The van der Waals surface area contributed by atoms with Crippen molar-refractivity contribution >= 4 is 17.7 Å². The van der Waals surface area contributed by atoms with E-state index in [2.05, 4.69) is 15.5 Å². The molecular formula is C12H11F2N3OS. The Morgan fingerprint density at radius 1 is 1.37 bits per heavy atom. The Bertz CT molecular complexity index is 546. The van der Waals surface area contributed by atoms with E-state index < -0.39 is 11.7 Å². The summed E-state index contributed by atoms with van der Waals surface area (Å²) < 4.78 is 24.8. The lowest BCUT2D eigenvalue weighted by Crippen LogP contribution is -2.23. The van der Waals surface area contributed by atoms with Crippen molar-refractivity contribution in [3.8, 4) is 0 Å². The van der Waals surface area contributed by atoms with Gasteiger partial charge in [-0.2, -0.15) is 13.9 Å². The van der Waals surface area contributed by atoms with Crippen molar-refractivity contribution in [3.63, 3.8) is 0 Å². The molecule has 0 spiro atoms. The van der Waals surface area contributed by atoms with Gasteiger partial charge in [-0.05, 0) is 18.2 Å². The maximum atomic E-state index is 12.4. The molecule has 2 aromatic rings. The van der Waals surface area contributed by atoms with Crippen LogP contribution in [0, 0.1) is 0 Å². The molecule has 0 atom stereocenters. The Kier molecular flexibility index (Phi) is 4.51. The van der Waals surface area contributed by atoms with Gasteiger partial charge in [0, 0.05) is 11.1 Å². The zero-order chi connectivity index (χ0) is 13.7. The number of hydrogen-bond donors (Lipinski definition) is 2. The highest BCUT2D eigenvalue weighted by Crippen LogP contribution is 2.28. The van der Waals surface area contributed by atoms with Gasteiger partial charge in [0.05, 0.1) is 17.8 Å². The average Bonchev–Trinajstić information content (AvgIpc) is 2.89. The lowest BCUT2D eigenvalue weighted by atomic mass is 10.2. The minimum atomic E-state index is -2.55. The van der Waals surface area contributed by atoms with Gasteiger partial charge in [-0.25, -0.2) is 0 Å². The monoisotopic (exact) mass is 283 g/mol. The van der Waals surface area contributed by atoms with Crippen LogP contribution in [0.15, 0.2) is 41.4 Å². The van der Waals surface area contributed by atoms with Crippen molar-refractivity contribution in [1.29, 1.82) is 0 Å². The summed E-state index contributed by atoms with van der Waals surface area (Å²) in [7, 11) is 0. The molecule has 0 radical (unpaired) electrons. The Morgan fingerprint density at radius 2 is 2.16 bits per heavy atom. The number of nitrogens with one attached hydrogen (secondary N) is 2. The number of halogens is 2. The van der Waals surface area contributed by atoms with E-state index in [0.717, 1.165) is 5.69 Å². The third kappa shape index (κ3) is 3.78. The Balaban J connectivity index is 2.06. The molecule has 0 fully saturated rings. The topological polar surface area (TPSA) is 57.8 Å². The second-order valence-electron chi connectivity index (χ2n) is 3.64. The zero-order valence-electron chi connectivity index (χ0n) is 9.77. The molecule has 2 N–H and O–H groups in total. The molecule has 19 heavy (non-hydrogen) atoms. The number of nitrogens with zero attached hydrogens (tertiary/aromatic N) is 1. The van der Waals surface area contributed by atoms with E-state index in [1.165, 1.54) is 12.1 Å². The molecule has 1 aromatic carbocycles. The number of rotatable bonds is 5.